The van der Waals surface area contributed by atoms with E-state index in [1.165, 1.54) is 27.8 Å². The molecule has 0 aliphatic carbocycles. The van der Waals surface area contributed by atoms with Crippen molar-refractivity contribution < 1.29 is 0 Å². The molecule has 0 saturated heterocycles. The molecule has 0 saturated carbocycles. The first-order valence-electron chi connectivity index (χ1n) is 9.50. The van der Waals surface area contributed by atoms with E-state index in [1.807, 2.05) is 24.3 Å². The molecule has 28 heavy (non-hydrogen) atoms. The summed E-state index contributed by atoms with van der Waals surface area (Å²) >= 11 is 0. The fourth-order valence-electron chi connectivity index (χ4n) is 3.51. The third kappa shape index (κ3) is 3.74. The fourth-order valence-corrected chi connectivity index (χ4v) is 3.51. The first-order chi connectivity index (χ1) is 13.7. The number of rotatable bonds is 4. The molecule has 4 aromatic rings. The summed E-state index contributed by atoms with van der Waals surface area (Å²) in [5, 5.41) is 0. The Bertz CT molecular complexity index is 1110. The first kappa shape index (κ1) is 17.8. The van der Waals surface area contributed by atoms with E-state index < -0.39 is 0 Å². The Labute approximate surface area is 166 Å². The van der Waals surface area contributed by atoms with E-state index in [2.05, 4.69) is 91.9 Å². The van der Waals surface area contributed by atoms with Crippen molar-refractivity contribution in [2.75, 3.05) is 5.73 Å². The lowest BCUT2D eigenvalue weighted by Gasteiger charge is -2.17. The second-order valence-corrected chi connectivity index (χ2v) is 6.97. The van der Waals surface area contributed by atoms with Crippen LogP contribution in [0.25, 0.3) is 22.8 Å². The lowest BCUT2D eigenvalue weighted by Crippen LogP contribution is -1.96. The Hall–Kier alpha value is -3.58. The SMILES string of the molecule is Cc1ccc(-c2ccccc2N)c(/C(=C/c2ccccc2)c2ccccc2)c1. The maximum atomic E-state index is 6.33. The minimum absolute atomic E-state index is 0.791. The van der Waals surface area contributed by atoms with Crippen molar-refractivity contribution in [2.45, 2.75) is 6.92 Å². The summed E-state index contributed by atoms with van der Waals surface area (Å²) in [7, 11) is 0. The van der Waals surface area contributed by atoms with Crippen LogP contribution in [0.1, 0.15) is 22.3 Å². The van der Waals surface area contributed by atoms with Crippen LogP contribution < -0.4 is 5.73 Å². The number of benzene rings is 4. The van der Waals surface area contributed by atoms with Crippen molar-refractivity contribution in [2.24, 2.45) is 0 Å². The molecule has 136 valence electrons. The molecule has 0 aliphatic heterocycles. The quantitative estimate of drug-likeness (QED) is 0.313. The van der Waals surface area contributed by atoms with Gasteiger partial charge in [-0.05, 0) is 46.9 Å². The maximum absolute atomic E-state index is 6.33. The highest BCUT2D eigenvalue weighted by Gasteiger charge is 2.14. The van der Waals surface area contributed by atoms with E-state index in [9.17, 15) is 0 Å². The van der Waals surface area contributed by atoms with Crippen molar-refractivity contribution in [3.05, 3.63) is 125 Å². The van der Waals surface area contributed by atoms with Gasteiger partial charge in [0.1, 0.15) is 0 Å². The van der Waals surface area contributed by atoms with Gasteiger partial charge in [0, 0.05) is 11.3 Å². The summed E-state index contributed by atoms with van der Waals surface area (Å²) < 4.78 is 0. The number of nitrogen functional groups attached to an aromatic ring is 1. The number of para-hydroxylation sites is 1. The van der Waals surface area contributed by atoms with E-state index in [0.717, 1.165) is 16.8 Å². The molecular weight excluding hydrogens is 338 g/mol. The van der Waals surface area contributed by atoms with E-state index in [-0.39, 0.29) is 0 Å². The van der Waals surface area contributed by atoms with Crippen LogP contribution in [0.15, 0.2) is 103 Å². The van der Waals surface area contributed by atoms with Crippen molar-refractivity contribution in [1.82, 2.24) is 0 Å². The monoisotopic (exact) mass is 361 g/mol. The molecule has 0 amide bonds. The molecule has 2 N–H and O–H groups in total. The number of aryl methyl sites for hydroxylation is 1. The van der Waals surface area contributed by atoms with E-state index in [0.29, 0.717) is 0 Å². The van der Waals surface area contributed by atoms with Gasteiger partial charge in [-0.15, -0.1) is 0 Å². The molecule has 4 rings (SSSR count). The molecular formula is C27H23N. The summed E-state index contributed by atoms with van der Waals surface area (Å²) in [6.45, 7) is 2.13. The molecule has 0 bridgehead atoms. The van der Waals surface area contributed by atoms with Crippen LogP contribution in [0, 0.1) is 6.92 Å². The van der Waals surface area contributed by atoms with Gasteiger partial charge in [-0.2, -0.15) is 0 Å². The van der Waals surface area contributed by atoms with Gasteiger partial charge in [0.05, 0.1) is 0 Å². The molecule has 0 aliphatic rings. The second kappa shape index (κ2) is 7.98. The summed E-state index contributed by atoms with van der Waals surface area (Å²) in [5.41, 5.74) is 15.3. The summed E-state index contributed by atoms with van der Waals surface area (Å²) in [6, 6.07) is 35.6. The van der Waals surface area contributed by atoms with Crippen LogP contribution in [0.2, 0.25) is 0 Å². The Morgan fingerprint density at radius 1 is 0.679 bits per heavy atom. The van der Waals surface area contributed by atoms with E-state index >= 15 is 0 Å². The van der Waals surface area contributed by atoms with Crippen LogP contribution in [0.3, 0.4) is 0 Å². The molecule has 0 aromatic heterocycles. The fraction of sp³-hybridized carbons (Fsp3) is 0.0370. The Morgan fingerprint density at radius 3 is 2.04 bits per heavy atom. The lowest BCUT2D eigenvalue weighted by atomic mass is 9.88. The third-order valence-electron chi connectivity index (χ3n) is 4.91. The Kier molecular flexibility index (Phi) is 5.07. The van der Waals surface area contributed by atoms with Crippen LogP contribution in [-0.2, 0) is 0 Å². The normalized spacial score (nSPS) is 11.4. The topological polar surface area (TPSA) is 26.0 Å². The summed E-state index contributed by atoms with van der Waals surface area (Å²) in [6.07, 6.45) is 2.26. The number of anilines is 1. The molecule has 0 fully saturated rings. The van der Waals surface area contributed by atoms with Gasteiger partial charge in [0.2, 0.25) is 0 Å². The number of nitrogens with two attached hydrogens (primary N) is 1. The molecule has 0 atom stereocenters. The minimum Gasteiger partial charge on any atom is -0.398 e. The van der Waals surface area contributed by atoms with E-state index in [4.69, 9.17) is 5.73 Å². The first-order valence-corrected chi connectivity index (χ1v) is 9.50. The average Bonchev–Trinajstić information content (AvgIpc) is 2.74. The highest BCUT2D eigenvalue weighted by atomic mass is 14.6. The van der Waals surface area contributed by atoms with Crippen molar-refractivity contribution >= 4 is 17.3 Å². The Balaban J connectivity index is 1.99. The number of hydrogen-bond acceptors (Lipinski definition) is 1. The van der Waals surface area contributed by atoms with Crippen molar-refractivity contribution in [1.29, 1.82) is 0 Å². The zero-order valence-electron chi connectivity index (χ0n) is 16.0. The Morgan fingerprint density at radius 2 is 1.32 bits per heavy atom. The van der Waals surface area contributed by atoms with Gasteiger partial charge < -0.3 is 5.73 Å². The predicted octanol–water partition coefficient (Wildman–Crippen LogP) is 6.83. The standard InChI is InChI=1S/C27H23N/c1-20-16-17-23(24-14-8-9-15-27(24)28)26(18-20)25(22-12-6-3-7-13-22)19-21-10-4-2-5-11-21/h2-19H,28H2,1H3/b25-19+. The zero-order valence-corrected chi connectivity index (χ0v) is 16.0. The van der Waals surface area contributed by atoms with Crippen molar-refractivity contribution in [3.63, 3.8) is 0 Å². The van der Waals surface area contributed by atoms with Crippen molar-refractivity contribution in [3.8, 4) is 11.1 Å². The molecule has 4 aromatic carbocycles. The highest BCUT2D eigenvalue weighted by Crippen LogP contribution is 2.37. The zero-order chi connectivity index (χ0) is 19.3. The van der Waals surface area contributed by atoms with E-state index in [1.54, 1.807) is 0 Å². The third-order valence-corrected chi connectivity index (χ3v) is 4.91. The van der Waals surface area contributed by atoms with Crippen LogP contribution in [0.5, 0.6) is 0 Å². The van der Waals surface area contributed by atoms with Crippen LogP contribution >= 0.6 is 0 Å². The smallest absolute Gasteiger partial charge is 0.0393 e. The van der Waals surface area contributed by atoms with Gasteiger partial charge in [-0.1, -0.05) is 103 Å². The van der Waals surface area contributed by atoms with Gasteiger partial charge in [0.25, 0.3) is 0 Å². The average molecular weight is 361 g/mol. The van der Waals surface area contributed by atoms with Crippen LogP contribution in [-0.4, -0.2) is 0 Å². The van der Waals surface area contributed by atoms with Gasteiger partial charge in [-0.3, -0.25) is 0 Å². The molecule has 0 heterocycles. The molecule has 0 unspecified atom stereocenters. The van der Waals surface area contributed by atoms with Crippen LogP contribution in [0.4, 0.5) is 5.69 Å². The molecule has 1 nitrogen and oxygen atoms in total. The predicted molar refractivity (Wildman–Crippen MR) is 121 cm³/mol. The maximum Gasteiger partial charge on any atom is 0.0393 e. The number of hydrogen-bond donors (Lipinski definition) is 1. The molecule has 1 heteroatoms. The van der Waals surface area contributed by atoms with Gasteiger partial charge in [0.15, 0.2) is 0 Å². The van der Waals surface area contributed by atoms with Gasteiger partial charge >= 0.3 is 0 Å². The highest BCUT2D eigenvalue weighted by molar-refractivity contribution is 5.98. The second-order valence-electron chi connectivity index (χ2n) is 6.97. The summed E-state index contributed by atoms with van der Waals surface area (Å²) in [5.74, 6) is 0. The summed E-state index contributed by atoms with van der Waals surface area (Å²) in [4.78, 5) is 0. The van der Waals surface area contributed by atoms with Gasteiger partial charge in [-0.25, -0.2) is 0 Å². The molecule has 0 radical (unpaired) electrons. The molecule has 0 spiro atoms. The largest absolute Gasteiger partial charge is 0.398 e. The minimum atomic E-state index is 0.791. The lowest BCUT2D eigenvalue weighted by molar-refractivity contribution is 1.43.